The van der Waals surface area contributed by atoms with Crippen LogP contribution in [0, 0.1) is 0 Å². The molecule has 1 fully saturated rings. The minimum absolute atomic E-state index is 0.762. The van der Waals surface area contributed by atoms with Gasteiger partial charge < -0.3 is 15.5 Å². The Balaban J connectivity index is 2.04. The number of rotatable bonds is 10. The highest BCUT2D eigenvalue weighted by atomic mass is 15.2. The van der Waals surface area contributed by atoms with Crippen molar-refractivity contribution in [1.82, 2.24) is 0 Å². The van der Waals surface area contributed by atoms with Gasteiger partial charge in [0.1, 0.15) is 39.3 Å². The van der Waals surface area contributed by atoms with Crippen LogP contribution >= 0.6 is 0 Å². The summed E-state index contributed by atoms with van der Waals surface area (Å²) >= 11 is 0. The van der Waals surface area contributed by atoms with Gasteiger partial charge in [-0.3, -0.25) is 0 Å². The minimum atomic E-state index is 0.762. The fraction of sp³-hybridized carbons (Fsp3) is 0.789. The Bertz CT molecular complexity index is 337. The normalized spacial score (nSPS) is 18.3. The molecule has 128 valence electrons. The number of hydrogen-bond donors (Lipinski definition) is 3. The van der Waals surface area contributed by atoms with Gasteiger partial charge in [0, 0.05) is 6.42 Å². The largest absolute Gasteiger partial charge is 0.339 e. The SMILES string of the molecule is CC(C)=CCC/C(C)=C\CC[C@H](C)[NH2+]CC[NH+]1CC[NH2+]CC1. The number of nitrogens with two attached hydrogens (primary N) is 2. The van der Waals surface area contributed by atoms with Crippen molar-refractivity contribution in [3.63, 3.8) is 0 Å². The van der Waals surface area contributed by atoms with E-state index in [1.807, 2.05) is 0 Å². The van der Waals surface area contributed by atoms with Gasteiger partial charge in [0.2, 0.25) is 0 Å². The third-order valence-electron chi connectivity index (χ3n) is 4.68. The van der Waals surface area contributed by atoms with E-state index in [4.69, 9.17) is 0 Å². The van der Waals surface area contributed by atoms with Crippen LogP contribution in [-0.4, -0.2) is 45.3 Å². The fourth-order valence-corrected chi connectivity index (χ4v) is 3.10. The molecule has 1 rings (SSSR count). The Morgan fingerprint density at radius 2 is 1.86 bits per heavy atom. The first-order valence-electron chi connectivity index (χ1n) is 9.35. The Morgan fingerprint density at radius 3 is 2.55 bits per heavy atom. The van der Waals surface area contributed by atoms with Crippen LogP contribution in [0.3, 0.4) is 0 Å². The number of quaternary nitrogens is 3. The molecule has 1 atom stereocenters. The predicted octanol–water partition coefficient (Wildman–Crippen LogP) is -0.127. The monoisotopic (exact) mass is 310 g/mol. The number of piperazine rings is 1. The summed E-state index contributed by atoms with van der Waals surface area (Å²) in [5.74, 6) is 0. The molecule has 1 saturated heterocycles. The van der Waals surface area contributed by atoms with Gasteiger partial charge in [-0.15, -0.1) is 0 Å². The molecule has 5 N–H and O–H groups in total. The topological polar surface area (TPSA) is 37.7 Å². The molecule has 0 amide bonds. The average Bonchev–Trinajstić information content (AvgIpc) is 2.48. The second-order valence-corrected chi connectivity index (χ2v) is 7.32. The van der Waals surface area contributed by atoms with Crippen molar-refractivity contribution < 1.29 is 15.5 Å². The first-order valence-corrected chi connectivity index (χ1v) is 9.35. The second kappa shape index (κ2) is 11.9. The van der Waals surface area contributed by atoms with Gasteiger partial charge in [-0.25, -0.2) is 0 Å². The Kier molecular flexibility index (Phi) is 10.5. The summed E-state index contributed by atoms with van der Waals surface area (Å²) in [6.07, 6.45) is 9.76. The lowest BCUT2D eigenvalue weighted by Gasteiger charge is -2.22. The van der Waals surface area contributed by atoms with Crippen LogP contribution in [0.15, 0.2) is 23.3 Å². The van der Waals surface area contributed by atoms with Gasteiger partial charge in [0.05, 0.1) is 6.04 Å². The molecule has 0 aromatic heterocycles. The quantitative estimate of drug-likeness (QED) is 0.471. The van der Waals surface area contributed by atoms with Crippen LogP contribution in [-0.2, 0) is 0 Å². The van der Waals surface area contributed by atoms with E-state index in [0.29, 0.717) is 0 Å². The van der Waals surface area contributed by atoms with Crippen LogP contribution in [0.2, 0.25) is 0 Å². The summed E-state index contributed by atoms with van der Waals surface area (Å²) in [7, 11) is 0. The van der Waals surface area contributed by atoms with E-state index in [0.717, 1.165) is 6.04 Å². The molecule has 1 aliphatic rings. The molecule has 0 aromatic rings. The van der Waals surface area contributed by atoms with E-state index in [-0.39, 0.29) is 0 Å². The van der Waals surface area contributed by atoms with Crippen LogP contribution in [0.4, 0.5) is 0 Å². The van der Waals surface area contributed by atoms with Crippen molar-refractivity contribution in [2.24, 2.45) is 0 Å². The fourth-order valence-electron chi connectivity index (χ4n) is 3.10. The maximum Gasteiger partial charge on any atom is 0.127 e. The number of hydrogen-bond acceptors (Lipinski definition) is 0. The van der Waals surface area contributed by atoms with E-state index in [9.17, 15) is 0 Å². The van der Waals surface area contributed by atoms with Crippen LogP contribution in [0.5, 0.6) is 0 Å². The lowest BCUT2D eigenvalue weighted by atomic mass is 10.1. The van der Waals surface area contributed by atoms with Crippen molar-refractivity contribution in [1.29, 1.82) is 0 Å². The third-order valence-corrected chi connectivity index (χ3v) is 4.68. The summed E-state index contributed by atoms with van der Waals surface area (Å²) < 4.78 is 0. The van der Waals surface area contributed by atoms with Gasteiger partial charge in [-0.1, -0.05) is 23.3 Å². The van der Waals surface area contributed by atoms with E-state index < -0.39 is 0 Å². The van der Waals surface area contributed by atoms with Crippen molar-refractivity contribution >= 4 is 0 Å². The molecule has 0 spiro atoms. The van der Waals surface area contributed by atoms with Gasteiger partial charge in [0.25, 0.3) is 0 Å². The summed E-state index contributed by atoms with van der Waals surface area (Å²) in [5.41, 5.74) is 2.99. The molecule has 0 radical (unpaired) electrons. The highest BCUT2D eigenvalue weighted by Gasteiger charge is 2.15. The zero-order chi connectivity index (χ0) is 16.2. The van der Waals surface area contributed by atoms with E-state index in [1.165, 1.54) is 70.5 Å². The molecule has 0 aliphatic carbocycles. The molecule has 1 aliphatic heterocycles. The summed E-state index contributed by atoms with van der Waals surface area (Å²) in [5, 5.41) is 5.00. The molecule has 3 nitrogen and oxygen atoms in total. The first-order chi connectivity index (χ1) is 10.6. The lowest BCUT2D eigenvalue weighted by molar-refractivity contribution is -0.955. The number of nitrogens with one attached hydrogen (secondary N) is 1. The van der Waals surface area contributed by atoms with E-state index in [2.05, 4.69) is 50.5 Å². The summed E-state index contributed by atoms with van der Waals surface area (Å²) in [6, 6.07) is 0.762. The van der Waals surface area contributed by atoms with Crippen molar-refractivity contribution in [3.05, 3.63) is 23.3 Å². The maximum absolute atomic E-state index is 2.55. The van der Waals surface area contributed by atoms with Gasteiger partial charge in [0.15, 0.2) is 0 Å². The van der Waals surface area contributed by atoms with Crippen molar-refractivity contribution in [2.75, 3.05) is 39.3 Å². The van der Waals surface area contributed by atoms with Gasteiger partial charge in [-0.2, -0.15) is 0 Å². The first kappa shape index (κ1) is 19.4. The Hall–Kier alpha value is -0.640. The predicted molar refractivity (Wildman–Crippen MR) is 95.1 cm³/mol. The average molecular weight is 311 g/mol. The van der Waals surface area contributed by atoms with Crippen molar-refractivity contribution in [2.45, 2.75) is 59.4 Å². The zero-order valence-corrected chi connectivity index (χ0v) is 15.5. The highest BCUT2D eigenvalue weighted by Crippen LogP contribution is 2.08. The number of allylic oxidation sites excluding steroid dienone is 4. The molecular formula is C19H40N3+3. The maximum atomic E-state index is 2.55. The van der Waals surface area contributed by atoms with Gasteiger partial charge >= 0.3 is 0 Å². The van der Waals surface area contributed by atoms with Crippen LogP contribution in [0.1, 0.15) is 53.4 Å². The highest BCUT2D eigenvalue weighted by molar-refractivity contribution is 5.02. The minimum Gasteiger partial charge on any atom is -0.339 e. The summed E-state index contributed by atoms with van der Waals surface area (Å²) in [6.45, 7) is 17.0. The summed E-state index contributed by atoms with van der Waals surface area (Å²) in [4.78, 5) is 1.81. The smallest absolute Gasteiger partial charge is 0.127 e. The molecule has 3 heteroatoms. The standard InChI is InChI=1S/C19H37N3/c1-17(2)7-5-8-18(3)9-6-10-19(4)21-13-16-22-14-11-20-12-15-22/h7,9,19-21H,5-6,8,10-16H2,1-4H3/p+3/b18-9-/t19-/m0/s1. The molecule has 0 bridgehead atoms. The third kappa shape index (κ3) is 10.1. The van der Waals surface area contributed by atoms with Crippen LogP contribution < -0.4 is 15.5 Å². The van der Waals surface area contributed by atoms with Crippen molar-refractivity contribution in [3.8, 4) is 0 Å². The zero-order valence-electron chi connectivity index (χ0n) is 15.5. The molecule has 22 heavy (non-hydrogen) atoms. The molecule has 0 saturated carbocycles. The Morgan fingerprint density at radius 1 is 1.14 bits per heavy atom. The lowest BCUT2D eigenvalue weighted by Crippen LogP contribution is -3.22. The molecule has 1 heterocycles. The molecular weight excluding hydrogens is 270 g/mol. The van der Waals surface area contributed by atoms with Gasteiger partial charge in [-0.05, 0) is 47.0 Å². The molecule has 0 aromatic carbocycles. The van der Waals surface area contributed by atoms with Crippen LogP contribution in [0.25, 0.3) is 0 Å². The van der Waals surface area contributed by atoms with E-state index >= 15 is 0 Å². The molecule has 0 unspecified atom stereocenters. The van der Waals surface area contributed by atoms with E-state index in [1.54, 1.807) is 10.5 Å². The Labute approximate surface area is 138 Å². The second-order valence-electron chi connectivity index (χ2n) is 7.32.